The molecule has 3 heteroatoms. The molecule has 2 unspecified atom stereocenters. The van der Waals surface area contributed by atoms with Gasteiger partial charge >= 0.3 is 0 Å². The summed E-state index contributed by atoms with van der Waals surface area (Å²) < 4.78 is 0. The van der Waals surface area contributed by atoms with Crippen LogP contribution >= 0.6 is 0 Å². The quantitative estimate of drug-likeness (QED) is 0.715. The van der Waals surface area contributed by atoms with E-state index in [4.69, 9.17) is 5.73 Å². The molecule has 1 aliphatic heterocycles. The summed E-state index contributed by atoms with van der Waals surface area (Å²) in [7, 11) is 0. The minimum atomic E-state index is 0.250. The Morgan fingerprint density at radius 1 is 1.67 bits per heavy atom. The number of allylic oxidation sites excluding steroid dienone is 1. The van der Waals surface area contributed by atoms with E-state index in [1.807, 2.05) is 4.90 Å². The minimum Gasteiger partial charge on any atom is -0.342 e. The lowest BCUT2D eigenvalue weighted by Crippen LogP contribution is -2.48. The summed E-state index contributed by atoms with van der Waals surface area (Å²) in [6, 6.07) is 0.276. The maximum Gasteiger partial charge on any atom is 0.222 e. The van der Waals surface area contributed by atoms with Gasteiger partial charge in [-0.2, -0.15) is 0 Å². The largest absolute Gasteiger partial charge is 0.342 e. The van der Waals surface area contributed by atoms with E-state index in [0.29, 0.717) is 12.3 Å². The average molecular weight is 210 g/mol. The molecule has 3 nitrogen and oxygen atoms in total. The number of piperidine rings is 1. The molecule has 0 aliphatic carbocycles. The third-order valence-electron chi connectivity index (χ3n) is 3.23. The van der Waals surface area contributed by atoms with Gasteiger partial charge in [-0.15, -0.1) is 6.58 Å². The molecule has 1 rings (SSSR count). The Bertz CT molecular complexity index is 228. The maximum absolute atomic E-state index is 11.8. The molecule has 15 heavy (non-hydrogen) atoms. The lowest BCUT2D eigenvalue weighted by atomic mass is 9.90. The van der Waals surface area contributed by atoms with Gasteiger partial charge < -0.3 is 10.6 Å². The monoisotopic (exact) mass is 210 g/mol. The van der Waals surface area contributed by atoms with Gasteiger partial charge in [0.25, 0.3) is 0 Å². The van der Waals surface area contributed by atoms with Crippen molar-refractivity contribution in [1.82, 2.24) is 4.90 Å². The molecule has 0 spiro atoms. The molecular weight excluding hydrogens is 188 g/mol. The highest BCUT2D eigenvalue weighted by molar-refractivity contribution is 5.76. The van der Waals surface area contributed by atoms with Gasteiger partial charge in [-0.3, -0.25) is 4.79 Å². The van der Waals surface area contributed by atoms with E-state index in [1.54, 1.807) is 6.08 Å². The van der Waals surface area contributed by atoms with Crippen LogP contribution in [0.4, 0.5) is 0 Å². The lowest BCUT2D eigenvalue weighted by Gasteiger charge is -2.36. The fourth-order valence-electron chi connectivity index (χ4n) is 2.09. The molecule has 0 saturated carbocycles. The number of hydrogen-bond donors (Lipinski definition) is 1. The van der Waals surface area contributed by atoms with Crippen molar-refractivity contribution in [3.05, 3.63) is 12.7 Å². The van der Waals surface area contributed by atoms with Gasteiger partial charge in [-0.1, -0.05) is 19.4 Å². The van der Waals surface area contributed by atoms with Crippen LogP contribution in [0.25, 0.3) is 0 Å². The van der Waals surface area contributed by atoms with E-state index in [0.717, 1.165) is 32.4 Å². The summed E-state index contributed by atoms with van der Waals surface area (Å²) in [5.74, 6) is 0.728. The van der Waals surface area contributed by atoms with Crippen LogP contribution in [0.3, 0.4) is 0 Å². The SMILES string of the molecule is C=CCCC(=O)N1CCC(N)C(CC)C1. The zero-order chi connectivity index (χ0) is 11.3. The van der Waals surface area contributed by atoms with Crippen molar-refractivity contribution >= 4 is 5.91 Å². The third-order valence-corrected chi connectivity index (χ3v) is 3.23. The number of likely N-dealkylation sites (tertiary alicyclic amines) is 1. The van der Waals surface area contributed by atoms with E-state index < -0.39 is 0 Å². The van der Waals surface area contributed by atoms with Crippen molar-refractivity contribution in [2.45, 2.75) is 38.6 Å². The summed E-state index contributed by atoms with van der Waals surface area (Å²) in [4.78, 5) is 13.7. The van der Waals surface area contributed by atoms with Crippen LogP contribution in [-0.2, 0) is 4.79 Å². The highest BCUT2D eigenvalue weighted by Crippen LogP contribution is 2.19. The molecule has 0 aromatic carbocycles. The topological polar surface area (TPSA) is 46.3 Å². The van der Waals surface area contributed by atoms with E-state index in [1.165, 1.54) is 0 Å². The van der Waals surface area contributed by atoms with Crippen molar-refractivity contribution in [2.24, 2.45) is 11.7 Å². The first kappa shape index (κ1) is 12.2. The molecule has 86 valence electrons. The van der Waals surface area contributed by atoms with Crippen molar-refractivity contribution < 1.29 is 4.79 Å². The normalized spacial score (nSPS) is 26.4. The highest BCUT2D eigenvalue weighted by atomic mass is 16.2. The van der Waals surface area contributed by atoms with Gasteiger partial charge in [0, 0.05) is 25.6 Å². The maximum atomic E-state index is 11.8. The van der Waals surface area contributed by atoms with Crippen LogP contribution in [0, 0.1) is 5.92 Å². The third kappa shape index (κ3) is 3.34. The predicted molar refractivity (Wildman–Crippen MR) is 62.4 cm³/mol. The van der Waals surface area contributed by atoms with Crippen LogP contribution in [-0.4, -0.2) is 29.9 Å². The van der Waals surface area contributed by atoms with Crippen LogP contribution in [0.1, 0.15) is 32.6 Å². The number of carbonyl (C=O) groups is 1. The van der Waals surface area contributed by atoms with E-state index >= 15 is 0 Å². The second-order valence-electron chi connectivity index (χ2n) is 4.29. The van der Waals surface area contributed by atoms with E-state index in [9.17, 15) is 4.79 Å². The molecule has 1 aliphatic rings. The first-order chi connectivity index (χ1) is 7.19. The average Bonchev–Trinajstić information content (AvgIpc) is 2.26. The number of nitrogens with two attached hydrogens (primary N) is 1. The number of amides is 1. The zero-order valence-electron chi connectivity index (χ0n) is 9.61. The second-order valence-corrected chi connectivity index (χ2v) is 4.29. The molecule has 1 fully saturated rings. The van der Waals surface area contributed by atoms with Crippen LogP contribution in [0.2, 0.25) is 0 Å². The Morgan fingerprint density at radius 3 is 3.00 bits per heavy atom. The van der Waals surface area contributed by atoms with E-state index in [2.05, 4.69) is 13.5 Å². The number of carbonyl (C=O) groups excluding carboxylic acids is 1. The fourth-order valence-corrected chi connectivity index (χ4v) is 2.09. The Balaban J connectivity index is 2.43. The molecule has 1 saturated heterocycles. The van der Waals surface area contributed by atoms with Crippen molar-refractivity contribution in [1.29, 1.82) is 0 Å². The predicted octanol–water partition coefficient (Wildman–Crippen LogP) is 1.54. The molecule has 0 radical (unpaired) electrons. The molecule has 1 amide bonds. The summed E-state index contributed by atoms with van der Waals surface area (Å²) in [5.41, 5.74) is 6.00. The summed E-state index contributed by atoms with van der Waals surface area (Å²) in [6.07, 6.45) is 5.17. The summed E-state index contributed by atoms with van der Waals surface area (Å²) in [6.45, 7) is 7.44. The first-order valence-corrected chi connectivity index (χ1v) is 5.83. The summed E-state index contributed by atoms with van der Waals surface area (Å²) >= 11 is 0. The summed E-state index contributed by atoms with van der Waals surface area (Å²) in [5, 5.41) is 0. The van der Waals surface area contributed by atoms with Crippen LogP contribution in [0.5, 0.6) is 0 Å². The fraction of sp³-hybridized carbons (Fsp3) is 0.750. The Kier molecular flexibility index (Phi) is 4.82. The zero-order valence-corrected chi connectivity index (χ0v) is 9.61. The Morgan fingerprint density at radius 2 is 2.40 bits per heavy atom. The minimum absolute atomic E-state index is 0.250. The van der Waals surface area contributed by atoms with Gasteiger partial charge in [0.15, 0.2) is 0 Å². The standard InChI is InChI=1S/C12H22N2O/c1-3-5-6-12(15)14-8-7-11(13)10(4-2)9-14/h3,10-11H,1,4-9,13H2,2H3. The number of nitrogens with zero attached hydrogens (tertiary/aromatic N) is 1. The molecule has 1 heterocycles. The van der Waals surface area contributed by atoms with Crippen LogP contribution < -0.4 is 5.73 Å². The highest BCUT2D eigenvalue weighted by Gasteiger charge is 2.27. The first-order valence-electron chi connectivity index (χ1n) is 5.83. The Hall–Kier alpha value is -0.830. The van der Waals surface area contributed by atoms with Crippen molar-refractivity contribution in [3.8, 4) is 0 Å². The molecule has 2 N–H and O–H groups in total. The lowest BCUT2D eigenvalue weighted by molar-refractivity contribution is -0.133. The van der Waals surface area contributed by atoms with Gasteiger partial charge in [0.1, 0.15) is 0 Å². The number of rotatable bonds is 4. The smallest absolute Gasteiger partial charge is 0.222 e. The van der Waals surface area contributed by atoms with Crippen molar-refractivity contribution in [3.63, 3.8) is 0 Å². The van der Waals surface area contributed by atoms with Gasteiger partial charge in [0.05, 0.1) is 0 Å². The molecule has 0 aromatic heterocycles. The molecule has 0 aromatic rings. The number of hydrogen-bond acceptors (Lipinski definition) is 2. The van der Waals surface area contributed by atoms with Crippen LogP contribution in [0.15, 0.2) is 12.7 Å². The van der Waals surface area contributed by atoms with E-state index in [-0.39, 0.29) is 11.9 Å². The molecule has 0 bridgehead atoms. The van der Waals surface area contributed by atoms with Crippen molar-refractivity contribution in [2.75, 3.05) is 13.1 Å². The molecule has 2 atom stereocenters. The van der Waals surface area contributed by atoms with Gasteiger partial charge in [-0.25, -0.2) is 0 Å². The molecular formula is C12H22N2O. The van der Waals surface area contributed by atoms with Gasteiger partial charge in [0.2, 0.25) is 5.91 Å². The Labute approximate surface area is 92.3 Å². The second kappa shape index (κ2) is 5.91. The van der Waals surface area contributed by atoms with Gasteiger partial charge in [-0.05, 0) is 18.8 Å².